The molecule has 35 heavy (non-hydrogen) atoms. The predicted octanol–water partition coefficient (Wildman–Crippen LogP) is 7.12. The van der Waals surface area contributed by atoms with Crippen molar-refractivity contribution in [2.75, 3.05) is 34.4 Å². The summed E-state index contributed by atoms with van der Waals surface area (Å²) in [6, 6.07) is 36.6. The summed E-state index contributed by atoms with van der Waals surface area (Å²) in [5.41, 5.74) is 3.64. The van der Waals surface area contributed by atoms with Crippen molar-refractivity contribution in [3.05, 3.63) is 120 Å². The molecule has 0 spiro atoms. The minimum atomic E-state index is 0.00553. The molecule has 0 aromatic heterocycles. The second-order valence-corrected chi connectivity index (χ2v) is 9.13. The average Bonchev–Trinajstić information content (AvgIpc) is 2.90. The Bertz CT molecular complexity index is 1440. The number of likely N-dealkylation sites (N-methyl/N-ethyl adjacent to an activating group) is 1. The van der Waals surface area contributed by atoms with Gasteiger partial charge in [0.15, 0.2) is 0 Å². The third kappa shape index (κ3) is 4.73. The van der Waals surface area contributed by atoms with E-state index in [0.717, 1.165) is 23.6 Å². The highest BCUT2D eigenvalue weighted by molar-refractivity contribution is 6.09. The minimum Gasteiger partial charge on any atom is -0.497 e. The Hall–Kier alpha value is -3.82. The van der Waals surface area contributed by atoms with Crippen LogP contribution in [0.2, 0.25) is 0 Å². The molecule has 0 amide bonds. The van der Waals surface area contributed by atoms with E-state index in [2.05, 4.69) is 110 Å². The van der Waals surface area contributed by atoms with Gasteiger partial charge in [0.2, 0.25) is 0 Å². The molecule has 0 heterocycles. The molecule has 0 aliphatic heterocycles. The molecule has 0 aliphatic rings. The molecular formula is C32H31NO2. The molecule has 0 saturated heterocycles. The molecule has 0 radical (unpaired) electrons. The number of fused-ring (bicyclic) bond motifs is 3. The number of ether oxygens (including phenoxy) is 2. The van der Waals surface area contributed by atoms with Crippen molar-refractivity contribution in [3.8, 4) is 11.5 Å². The summed E-state index contributed by atoms with van der Waals surface area (Å²) in [5.74, 6) is 1.78. The summed E-state index contributed by atoms with van der Waals surface area (Å²) < 4.78 is 11.8. The lowest BCUT2D eigenvalue weighted by atomic mass is 9.81. The van der Waals surface area contributed by atoms with Crippen LogP contribution in [0.15, 0.2) is 103 Å². The van der Waals surface area contributed by atoms with Crippen LogP contribution in [0.4, 0.5) is 0 Å². The summed E-state index contributed by atoms with van der Waals surface area (Å²) in [6.45, 7) is 1.50. The van der Waals surface area contributed by atoms with Gasteiger partial charge in [-0.05, 0) is 71.0 Å². The first-order valence-electron chi connectivity index (χ1n) is 12.1. The molecule has 0 aliphatic carbocycles. The third-order valence-electron chi connectivity index (χ3n) is 6.59. The number of nitrogens with zero attached hydrogens (tertiary/aromatic N) is 1. The van der Waals surface area contributed by atoms with Gasteiger partial charge in [0, 0.05) is 18.0 Å². The van der Waals surface area contributed by atoms with E-state index in [4.69, 9.17) is 9.47 Å². The van der Waals surface area contributed by atoms with Crippen LogP contribution in [0.5, 0.6) is 11.5 Å². The Kier molecular flexibility index (Phi) is 6.69. The van der Waals surface area contributed by atoms with E-state index < -0.39 is 0 Å². The van der Waals surface area contributed by atoms with Gasteiger partial charge in [0.05, 0.1) is 7.11 Å². The van der Waals surface area contributed by atoms with Gasteiger partial charge in [-0.1, -0.05) is 78.9 Å². The molecule has 1 atom stereocenters. The van der Waals surface area contributed by atoms with Crippen molar-refractivity contribution in [1.82, 2.24) is 4.90 Å². The molecule has 0 saturated carbocycles. The highest BCUT2D eigenvalue weighted by Gasteiger charge is 2.23. The first-order valence-corrected chi connectivity index (χ1v) is 12.1. The standard InChI is InChI=1S/C32H31NO2/c1-33(2)20-21-35-31-15-9-8-14-29(31)32(23-16-18-25(34-3)19-17-23)30-22-24-10-4-5-11-26(24)27-12-6-7-13-28(27)30/h4-19,22,32H,20-21H2,1-3H3. The second kappa shape index (κ2) is 10.2. The van der Waals surface area contributed by atoms with E-state index in [9.17, 15) is 0 Å². The maximum Gasteiger partial charge on any atom is 0.123 e. The van der Waals surface area contributed by atoms with Gasteiger partial charge >= 0.3 is 0 Å². The van der Waals surface area contributed by atoms with Crippen molar-refractivity contribution in [1.29, 1.82) is 0 Å². The molecular weight excluding hydrogens is 430 g/mol. The van der Waals surface area contributed by atoms with Gasteiger partial charge in [-0.25, -0.2) is 0 Å². The van der Waals surface area contributed by atoms with Crippen LogP contribution < -0.4 is 9.47 Å². The van der Waals surface area contributed by atoms with Crippen molar-refractivity contribution >= 4 is 21.5 Å². The fourth-order valence-electron chi connectivity index (χ4n) is 4.83. The summed E-state index contributed by atoms with van der Waals surface area (Å²) in [5, 5.41) is 5.04. The normalized spacial score (nSPS) is 12.2. The minimum absolute atomic E-state index is 0.00553. The molecule has 5 aromatic rings. The van der Waals surface area contributed by atoms with Gasteiger partial charge in [-0.3, -0.25) is 0 Å². The number of hydrogen-bond acceptors (Lipinski definition) is 3. The lowest BCUT2D eigenvalue weighted by Crippen LogP contribution is -2.20. The van der Waals surface area contributed by atoms with Crippen LogP contribution in [0.3, 0.4) is 0 Å². The fourth-order valence-corrected chi connectivity index (χ4v) is 4.83. The predicted molar refractivity (Wildman–Crippen MR) is 146 cm³/mol. The first-order chi connectivity index (χ1) is 17.2. The molecule has 5 rings (SSSR count). The highest BCUT2D eigenvalue weighted by Crippen LogP contribution is 2.42. The maximum absolute atomic E-state index is 6.35. The molecule has 3 nitrogen and oxygen atoms in total. The SMILES string of the molecule is COc1ccc(C(c2ccccc2OCCN(C)C)c2cc3ccccc3c3ccccc23)cc1. The Balaban J connectivity index is 1.74. The second-order valence-electron chi connectivity index (χ2n) is 9.13. The van der Waals surface area contributed by atoms with Crippen LogP contribution in [-0.2, 0) is 0 Å². The fraction of sp³-hybridized carbons (Fsp3) is 0.188. The lowest BCUT2D eigenvalue weighted by molar-refractivity contribution is 0.259. The zero-order valence-corrected chi connectivity index (χ0v) is 20.6. The lowest BCUT2D eigenvalue weighted by Gasteiger charge is -2.24. The zero-order valence-electron chi connectivity index (χ0n) is 20.6. The molecule has 5 aromatic carbocycles. The number of benzene rings is 5. The van der Waals surface area contributed by atoms with E-state index in [1.807, 2.05) is 12.1 Å². The molecule has 3 heteroatoms. The Morgan fingerprint density at radius 1 is 0.686 bits per heavy atom. The van der Waals surface area contributed by atoms with E-state index in [1.54, 1.807) is 7.11 Å². The number of rotatable bonds is 8. The summed E-state index contributed by atoms with van der Waals surface area (Å²) in [6.07, 6.45) is 0. The van der Waals surface area contributed by atoms with Crippen molar-refractivity contribution < 1.29 is 9.47 Å². The number of methoxy groups -OCH3 is 1. The summed E-state index contributed by atoms with van der Waals surface area (Å²) in [4.78, 5) is 2.14. The topological polar surface area (TPSA) is 21.7 Å². The van der Waals surface area contributed by atoms with Gasteiger partial charge in [0.25, 0.3) is 0 Å². The van der Waals surface area contributed by atoms with Crippen molar-refractivity contribution in [2.24, 2.45) is 0 Å². The van der Waals surface area contributed by atoms with E-state index in [-0.39, 0.29) is 5.92 Å². The average molecular weight is 462 g/mol. The summed E-state index contributed by atoms with van der Waals surface area (Å²) in [7, 11) is 5.84. The Labute approximate surface area is 207 Å². The summed E-state index contributed by atoms with van der Waals surface area (Å²) >= 11 is 0. The molecule has 0 N–H and O–H groups in total. The molecule has 0 bridgehead atoms. The van der Waals surface area contributed by atoms with Crippen LogP contribution in [-0.4, -0.2) is 39.3 Å². The monoisotopic (exact) mass is 461 g/mol. The largest absolute Gasteiger partial charge is 0.497 e. The Morgan fingerprint density at radius 3 is 2.09 bits per heavy atom. The molecule has 0 fully saturated rings. The molecule has 176 valence electrons. The quantitative estimate of drug-likeness (QED) is 0.181. The number of hydrogen-bond donors (Lipinski definition) is 0. The number of para-hydroxylation sites is 1. The van der Waals surface area contributed by atoms with E-state index >= 15 is 0 Å². The van der Waals surface area contributed by atoms with Crippen LogP contribution in [0.25, 0.3) is 21.5 Å². The maximum atomic E-state index is 6.35. The van der Waals surface area contributed by atoms with Crippen LogP contribution >= 0.6 is 0 Å². The highest BCUT2D eigenvalue weighted by atomic mass is 16.5. The van der Waals surface area contributed by atoms with Crippen LogP contribution in [0, 0.1) is 0 Å². The molecule has 1 unspecified atom stereocenters. The third-order valence-corrected chi connectivity index (χ3v) is 6.59. The van der Waals surface area contributed by atoms with Crippen molar-refractivity contribution in [2.45, 2.75) is 5.92 Å². The zero-order chi connectivity index (χ0) is 24.2. The van der Waals surface area contributed by atoms with Gasteiger partial charge in [-0.15, -0.1) is 0 Å². The van der Waals surface area contributed by atoms with E-state index in [1.165, 1.54) is 32.7 Å². The first kappa shape index (κ1) is 22.9. The van der Waals surface area contributed by atoms with Crippen molar-refractivity contribution in [3.63, 3.8) is 0 Å². The van der Waals surface area contributed by atoms with Gasteiger partial charge < -0.3 is 14.4 Å². The van der Waals surface area contributed by atoms with Crippen LogP contribution in [0.1, 0.15) is 22.6 Å². The Morgan fingerprint density at radius 2 is 1.34 bits per heavy atom. The smallest absolute Gasteiger partial charge is 0.123 e. The van der Waals surface area contributed by atoms with Gasteiger partial charge in [-0.2, -0.15) is 0 Å². The van der Waals surface area contributed by atoms with Gasteiger partial charge in [0.1, 0.15) is 18.1 Å². The van der Waals surface area contributed by atoms with E-state index in [0.29, 0.717) is 6.61 Å².